The van der Waals surface area contributed by atoms with Crippen LogP contribution in [0.3, 0.4) is 0 Å². The van der Waals surface area contributed by atoms with E-state index in [0.29, 0.717) is 0 Å². The van der Waals surface area contributed by atoms with E-state index < -0.39 is 10.8 Å². The SMILES string of the molecule is c1ccc(N(c2ccccc2)c2cccc(-c3cc4c(o3)C3(c5ccccc5Oc5ccccc53)c3cc(-c5cccc(N(c6ccccc6)c6ccccc6)c5)oc3C43c4ccccc4Oc4ccccc43)c2)cc1. The second-order valence-electron chi connectivity index (χ2n) is 19.5. The van der Waals surface area contributed by atoms with Gasteiger partial charge in [0.05, 0.1) is 0 Å². The number of ether oxygens (including phenoxy) is 2. The lowest BCUT2D eigenvalue weighted by molar-refractivity contribution is 0.353. The summed E-state index contributed by atoms with van der Waals surface area (Å²) < 4.78 is 29.6. The number of rotatable bonds is 8. The Morgan fingerprint density at radius 3 is 0.829 bits per heavy atom. The van der Waals surface area contributed by atoms with E-state index >= 15 is 0 Å². The minimum atomic E-state index is -1.07. The highest BCUT2D eigenvalue weighted by molar-refractivity contribution is 5.85. The minimum Gasteiger partial charge on any atom is -0.459 e. The molecule has 76 heavy (non-hydrogen) atoms. The molecule has 0 saturated carbocycles. The van der Waals surface area contributed by atoms with Gasteiger partial charge in [0.2, 0.25) is 0 Å². The zero-order chi connectivity index (χ0) is 50.2. The summed E-state index contributed by atoms with van der Waals surface area (Å²) in [5.41, 5.74) is 11.6. The fourth-order valence-electron chi connectivity index (χ4n) is 12.3. The summed E-state index contributed by atoms with van der Waals surface area (Å²) in [6.45, 7) is 0. The lowest BCUT2D eigenvalue weighted by Crippen LogP contribution is -2.46. The molecule has 6 nitrogen and oxygen atoms in total. The van der Waals surface area contributed by atoms with Crippen LogP contribution in [0, 0.1) is 0 Å². The summed E-state index contributed by atoms with van der Waals surface area (Å²) in [6, 6.07) is 97.5. The molecule has 0 amide bonds. The average molecular weight is 979 g/mol. The van der Waals surface area contributed by atoms with Gasteiger partial charge in [0.15, 0.2) is 0 Å². The van der Waals surface area contributed by atoms with Crippen molar-refractivity contribution in [2.75, 3.05) is 9.80 Å². The number of nitrogens with zero attached hydrogens (tertiary/aromatic N) is 2. The number of furan rings is 2. The van der Waals surface area contributed by atoms with E-state index in [-0.39, 0.29) is 0 Å². The number of benzene rings is 10. The fraction of sp³-hybridized carbons (Fsp3) is 0.0286. The fourth-order valence-corrected chi connectivity index (χ4v) is 12.3. The van der Waals surface area contributed by atoms with Gasteiger partial charge in [-0.1, -0.05) is 170 Å². The van der Waals surface area contributed by atoms with E-state index in [1.165, 1.54) is 0 Å². The van der Waals surface area contributed by atoms with Crippen molar-refractivity contribution in [1.29, 1.82) is 0 Å². The van der Waals surface area contributed by atoms with Crippen LogP contribution in [-0.4, -0.2) is 0 Å². The van der Waals surface area contributed by atoms with Gasteiger partial charge in [-0.3, -0.25) is 0 Å². The van der Waals surface area contributed by atoms with Crippen molar-refractivity contribution >= 4 is 34.1 Å². The summed E-state index contributed by atoms with van der Waals surface area (Å²) in [5, 5.41) is 0. The number of hydrogen-bond acceptors (Lipinski definition) is 6. The highest BCUT2D eigenvalue weighted by atomic mass is 16.5. The first-order valence-electron chi connectivity index (χ1n) is 25.7. The van der Waals surface area contributed by atoms with E-state index in [4.69, 9.17) is 18.3 Å². The van der Waals surface area contributed by atoms with Gasteiger partial charge in [0.25, 0.3) is 0 Å². The molecule has 2 aliphatic heterocycles. The van der Waals surface area contributed by atoms with Gasteiger partial charge in [-0.2, -0.15) is 0 Å². The van der Waals surface area contributed by atoms with E-state index in [9.17, 15) is 0 Å². The number of para-hydroxylation sites is 8. The molecule has 3 aliphatic rings. The molecular weight excluding hydrogens is 933 g/mol. The minimum absolute atomic E-state index is 0.717. The lowest BCUT2D eigenvalue weighted by Gasteiger charge is -2.48. The smallest absolute Gasteiger partial charge is 0.134 e. The van der Waals surface area contributed by atoms with Crippen LogP contribution in [0.4, 0.5) is 34.1 Å². The molecule has 2 aromatic heterocycles. The van der Waals surface area contributed by atoms with Crippen molar-refractivity contribution in [1.82, 2.24) is 0 Å². The predicted octanol–water partition coefficient (Wildman–Crippen LogP) is 18.4. The second-order valence-corrected chi connectivity index (χ2v) is 19.5. The Morgan fingerprint density at radius 2 is 0.513 bits per heavy atom. The number of anilines is 6. The highest BCUT2D eigenvalue weighted by Crippen LogP contribution is 2.68. The molecule has 0 saturated heterocycles. The molecule has 0 fully saturated rings. The van der Waals surface area contributed by atoms with Crippen LogP contribution in [0.25, 0.3) is 22.6 Å². The highest BCUT2D eigenvalue weighted by Gasteiger charge is 2.63. The first-order valence-corrected chi connectivity index (χ1v) is 25.7. The molecule has 12 aromatic rings. The molecule has 1 aliphatic carbocycles. The summed E-state index contributed by atoms with van der Waals surface area (Å²) in [6.07, 6.45) is 0. The normalized spacial score (nSPS) is 13.7. The van der Waals surface area contributed by atoms with Crippen molar-refractivity contribution < 1.29 is 18.3 Å². The third-order valence-electron chi connectivity index (χ3n) is 15.4. The Morgan fingerprint density at radius 1 is 0.237 bits per heavy atom. The number of fused-ring (bicyclic) bond motifs is 14. The zero-order valence-electron chi connectivity index (χ0n) is 41.1. The molecule has 6 heteroatoms. The van der Waals surface area contributed by atoms with Crippen LogP contribution in [0.2, 0.25) is 0 Å². The quantitative estimate of drug-likeness (QED) is 0.151. The molecule has 4 heterocycles. The van der Waals surface area contributed by atoms with Crippen molar-refractivity contribution in [3.05, 3.63) is 324 Å². The standard InChI is InChI=1S/C70H46N2O4/c1-5-25-49(26-6-1)71(50-27-7-2-8-28-50)53-33-21-23-47(43-53)65-45-59-67(75-65)70(57-37-15-19-41-63(57)74-64-42-20-16-38-58(64)70)60-46-66(76-68(60)69(59)55-35-13-17-39-61(55)73-62-40-18-14-36-56(62)69)48-24-22-34-54(44-48)72(51-29-9-3-10-30-51)52-31-11-4-12-32-52/h1-46H. The van der Waals surface area contributed by atoms with Crippen molar-refractivity contribution in [2.24, 2.45) is 0 Å². The van der Waals surface area contributed by atoms with E-state index in [0.717, 1.165) is 125 Å². The van der Waals surface area contributed by atoms with Gasteiger partial charge >= 0.3 is 0 Å². The first-order chi connectivity index (χ1) is 37.7. The van der Waals surface area contributed by atoms with Crippen LogP contribution in [-0.2, 0) is 10.8 Å². The van der Waals surface area contributed by atoms with Crippen molar-refractivity contribution in [2.45, 2.75) is 10.8 Å². The molecule has 0 radical (unpaired) electrons. The van der Waals surface area contributed by atoms with Gasteiger partial charge in [-0.15, -0.1) is 0 Å². The molecular formula is C70H46N2O4. The topological polar surface area (TPSA) is 51.2 Å². The molecule has 0 bridgehead atoms. The van der Waals surface area contributed by atoms with E-state index in [1.807, 2.05) is 24.3 Å². The third-order valence-corrected chi connectivity index (χ3v) is 15.4. The summed E-state index contributed by atoms with van der Waals surface area (Å²) in [7, 11) is 0. The molecule has 10 aromatic carbocycles. The molecule has 360 valence electrons. The van der Waals surface area contributed by atoms with E-state index in [2.05, 4.69) is 265 Å². The van der Waals surface area contributed by atoms with Crippen LogP contribution in [0.15, 0.2) is 288 Å². The Balaban J connectivity index is 1.03. The third kappa shape index (κ3) is 6.47. The molecule has 0 atom stereocenters. The zero-order valence-corrected chi connectivity index (χ0v) is 41.1. The molecule has 2 spiro atoms. The van der Waals surface area contributed by atoms with E-state index in [1.54, 1.807) is 0 Å². The van der Waals surface area contributed by atoms with Crippen LogP contribution < -0.4 is 19.3 Å². The van der Waals surface area contributed by atoms with Gasteiger partial charge in [0.1, 0.15) is 56.9 Å². The largest absolute Gasteiger partial charge is 0.459 e. The van der Waals surface area contributed by atoms with Crippen LogP contribution in [0.5, 0.6) is 23.0 Å². The van der Waals surface area contributed by atoms with Gasteiger partial charge in [-0.05, 0) is 109 Å². The maximum absolute atomic E-state index is 7.86. The molecule has 0 unspecified atom stereocenters. The maximum Gasteiger partial charge on any atom is 0.134 e. The summed E-state index contributed by atoms with van der Waals surface area (Å²) in [5.74, 6) is 5.97. The summed E-state index contributed by atoms with van der Waals surface area (Å²) in [4.78, 5) is 4.57. The van der Waals surface area contributed by atoms with Crippen LogP contribution in [0.1, 0.15) is 44.9 Å². The Kier molecular flexibility index (Phi) is 9.91. The van der Waals surface area contributed by atoms with Crippen molar-refractivity contribution in [3.63, 3.8) is 0 Å². The Hall–Kier alpha value is -10.0. The first kappa shape index (κ1) is 43.5. The monoisotopic (exact) mass is 978 g/mol. The lowest BCUT2D eigenvalue weighted by atomic mass is 9.53. The average Bonchev–Trinajstić information content (AvgIpc) is 4.33. The van der Waals surface area contributed by atoms with Gasteiger partial charge in [0, 0.05) is 78.6 Å². The van der Waals surface area contributed by atoms with Gasteiger partial charge < -0.3 is 28.1 Å². The molecule has 0 N–H and O–H groups in total. The van der Waals surface area contributed by atoms with Crippen LogP contribution >= 0.6 is 0 Å². The predicted molar refractivity (Wildman–Crippen MR) is 302 cm³/mol. The second kappa shape index (κ2) is 17.3. The Labute approximate surface area is 440 Å². The Bertz CT molecular complexity index is 3660. The number of hydrogen-bond donors (Lipinski definition) is 0. The molecule has 15 rings (SSSR count). The van der Waals surface area contributed by atoms with Gasteiger partial charge in [-0.25, -0.2) is 0 Å². The maximum atomic E-state index is 7.86. The van der Waals surface area contributed by atoms with Crippen molar-refractivity contribution in [3.8, 4) is 45.6 Å². The summed E-state index contributed by atoms with van der Waals surface area (Å²) >= 11 is 0.